The van der Waals surface area contributed by atoms with Gasteiger partial charge in [0.25, 0.3) is 0 Å². The first kappa shape index (κ1) is 14.4. The van der Waals surface area contributed by atoms with Crippen LogP contribution in [0.4, 0.5) is 5.13 Å². The number of nitrogens with two attached hydrogens (primary N) is 1. The fraction of sp³-hybridized carbons (Fsp3) is 0.692. The summed E-state index contributed by atoms with van der Waals surface area (Å²) in [6.45, 7) is 6.62. The number of rotatable bonds is 4. The number of nitrogens with zero attached hydrogens (tertiary/aromatic N) is 2. The third kappa shape index (κ3) is 3.99. The molecule has 106 valence electrons. The number of likely N-dealkylation sites (tertiary alicyclic amines) is 1. The molecular formula is C13H22N4OS. The second-order valence-corrected chi connectivity index (χ2v) is 6.04. The summed E-state index contributed by atoms with van der Waals surface area (Å²) < 4.78 is 0. The number of piperidine rings is 1. The largest absolute Gasteiger partial charge is 0.327 e. The zero-order chi connectivity index (χ0) is 13.8. The summed E-state index contributed by atoms with van der Waals surface area (Å²) in [7, 11) is 0. The van der Waals surface area contributed by atoms with E-state index in [-0.39, 0.29) is 5.91 Å². The molecule has 1 saturated heterocycles. The van der Waals surface area contributed by atoms with Gasteiger partial charge in [-0.2, -0.15) is 0 Å². The molecule has 0 aromatic carbocycles. The Labute approximate surface area is 118 Å². The average molecular weight is 282 g/mol. The molecule has 1 fully saturated rings. The summed E-state index contributed by atoms with van der Waals surface area (Å²) in [5, 5.41) is 5.42. The monoisotopic (exact) mass is 282 g/mol. The van der Waals surface area contributed by atoms with Crippen LogP contribution in [0, 0.1) is 5.92 Å². The summed E-state index contributed by atoms with van der Waals surface area (Å²) in [6.07, 6.45) is 2.19. The van der Waals surface area contributed by atoms with Crippen LogP contribution in [-0.2, 0) is 11.3 Å². The van der Waals surface area contributed by atoms with Gasteiger partial charge in [0.1, 0.15) is 0 Å². The van der Waals surface area contributed by atoms with Crippen molar-refractivity contribution < 1.29 is 4.79 Å². The van der Waals surface area contributed by atoms with Crippen LogP contribution in [0.5, 0.6) is 0 Å². The van der Waals surface area contributed by atoms with E-state index in [1.165, 1.54) is 18.3 Å². The van der Waals surface area contributed by atoms with E-state index in [2.05, 4.69) is 22.1 Å². The van der Waals surface area contributed by atoms with Crippen molar-refractivity contribution in [2.24, 2.45) is 11.7 Å². The predicted octanol–water partition coefficient (Wildman–Crippen LogP) is 1.66. The Hall–Kier alpha value is -0.980. The van der Waals surface area contributed by atoms with Crippen molar-refractivity contribution in [1.29, 1.82) is 0 Å². The molecule has 5 nitrogen and oxygen atoms in total. The molecule has 0 saturated carbocycles. The number of nitrogens with one attached hydrogen (secondary N) is 1. The van der Waals surface area contributed by atoms with Crippen molar-refractivity contribution in [2.75, 3.05) is 18.4 Å². The number of carbonyl (C=O) groups is 1. The molecule has 1 aliphatic rings. The molecule has 1 aliphatic heterocycles. The van der Waals surface area contributed by atoms with Crippen molar-refractivity contribution in [3.05, 3.63) is 11.1 Å². The minimum Gasteiger partial charge on any atom is -0.327 e. The van der Waals surface area contributed by atoms with E-state index in [0.29, 0.717) is 17.1 Å². The van der Waals surface area contributed by atoms with E-state index in [4.69, 9.17) is 5.73 Å². The zero-order valence-electron chi connectivity index (χ0n) is 11.6. The summed E-state index contributed by atoms with van der Waals surface area (Å²) in [5.41, 5.74) is 7.14. The number of carbonyl (C=O) groups excluding carboxylic acids is 1. The van der Waals surface area contributed by atoms with Crippen molar-refractivity contribution in [3.63, 3.8) is 0 Å². The SMILES string of the molecule is CCC1CN(Cc2csc(NC(C)=O)n2)CCC1N. The maximum absolute atomic E-state index is 11.0. The number of amides is 1. The molecule has 2 unspecified atom stereocenters. The zero-order valence-corrected chi connectivity index (χ0v) is 12.4. The van der Waals surface area contributed by atoms with Crippen molar-refractivity contribution >= 4 is 22.4 Å². The standard InChI is InChI=1S/C13H22N4OS/c1-3-10-6-17(5-4-12(10)14)7-11-8-19-13(16-11)15-9(2)18/h8,10,12H,3-7,14H2,1-2H3,(H,15,16,18). The molecule has 1 aromatic rings. The summed E-state index contributed by atoms with van der Waals surface area (Å²) in [6, 6.07) is 0.339. The maximum Gasteiger partial charge on any atom is 0.223 e. The van der Waals surface area contributed by atoms with Gasteiger partial charge in [-0.05, 0) is 12.3 Å². The van der Waals surface area contributed by atoms with Gasteiger partial charge in [-0.15, -0.1) is 11.3 Å². The van der Waals surface area contributed by atoms with Gasteiger partial charge in [-0.25, -0.2) is 4.98 Å². The number of hydrogen-bond acceptors (Lipinski definition) is 5. The lowest BCUT2D eigenvalue weighted by molar-refractivity contribution is -0.114. The first-order valence-electron chi connectivity index (χ1n) is 6.78. The Bertz CT molecular complexity index is 434. The molecule has 2 rings (SSSR count). The Morgan fingerprint density at radius 2 is 2.47 bits per heavy atom. The molecule has 6 heteroatoms. The highest BCUT2D eigenvalue weighted by molar-refractivity contribution is 7.13. The molecule has 0 aliphatic carbocycles. The van der Waals surface area contributed by atoms with Crippen LogP contribution >= 0.6 is 11.3 Å². The molecule has 1 amide bonds. The molecule has 2 heterocycles. The lowest BCUT2D eigenvalue weighted by atomic mass is 9.91. The Morgan fingerprint density at radius 3 is 3.16 bits per heavy atom. The van der Waals surface area contributed by atoms with Gasteiger partial charge in [-0.1, -0.05) is 13.3 Å². The van der Waals surface area contributed by atoms with Crippen molar-refractivity contribution in [1.82, 2.24) is 9.88 Å². The maximum atomic E-state index is 11.0. The molecule has 0 spiro atoms. The molecule has 3 N–H and O–H groups in total. The molecule has 0 bridgehead atoms. The quantitative estimate of drug-likeness (QED) is 0.881. The van der Waals surface area contributed by atoms with Crippen LogP contribution < -0.4 is 11.1 Å². The van der Waals surface area contributed by atoms with Crippen LogP contribution in [0.15, 0.2) is 5.38 Å². The predicted molar refractivity (Wildman–Crippen MR) is 78.1 cm³/mol. The second-order valence-electron chi connectivity index (χ2n) is 5.18. The molecule has 0 radical (unpaired) electrons. The van der Waals surface area contributed by atoms with Gasteiger partial charge < -0.3 is 11.1 Å². The van der Waals surface area contributed by atoms with Gasteiger partial charge in [0, 0.05) is 38.0 Å². The van der Waals surface area contributed by atoms with Gasteiger partial charge in [0.05, 0.1) is 5.69 Å². The third-order valence-electron chi connectivity index (χ3n) is 3.62. The van der Waals surface area contributed by atoms with Gasteiger partial charge in [0.2, 0.25) is 5.91 Å². The van der Waals surface area contributed by atoms with Gasteiger partial charge in [-0.3, -0.25) is 9.69 Å². The van der Waals surface area contributed by atoms with E-state index in [1.807, 2.05) is 5.38 Å². The number of anilines is 1. The minimum atomic E-state index is -0.0732. The number of hydrogen-bond donors (Lipinski definition) is 2. The lowest BCUT2D eigenvalue weighted by Crippen LogP contribution is -2.46. The van der Waals surface area contributed by atoms with E-state index in [1.54, 1.807) is 0 Å². The Kier molecular flexibility index (Phi) is 4.90. The lowest BCUT2D eigenvalue weighted by Gasteiger charge is -2.36. The molecule has 1 aromatic heterocycles. The first-order chi connectivity index (χ1) is 9.08. The fourth-order valence-corrected chi connectivity index (χ4v) is 3.27. The number of aromatic nitrogens is 1. The first-order valence-corrected chi connectivity index (χ1v) is 7.66. The highest BCUT2D eigenvalue weighted by Gasteiger charge is 2.25. The summed E-state index contributed by atoms with van der Waals surface area (Å²) >= 11 is 1.48. The normalized spacial score (nSPS) is 24.4. The Morgan fingerprint density at radius 1 is 1.68 bits per heavy atom. The van der Waals surface area contributed by atoms with Crippen LogP contribution in [0.25, 0.3) is 0 Å². The highest BCUT2D eigenvalue weighted by atomic mass is 32.1. The van der Waals surface area contributed by atoms with Gasteiger partial charge >= 0.3 is 0 Å². The fourth-order valence-electron chi connectivity index (χ4n) is 2.52. The second kappa shape index (κ2) is 6.45. The minimum absolute atomic E-state index is 0.0732. The molecule has 19 heavy (non-hydrogen) atoms. The topological polar surface area (TPSA) is 71.2 Å². The van der Waals surface area contributed by atoms with Crippen molar-refractivity contribution in [3.8, 4) is 0 Å². The summed E-state index contributed by atoms with van der Waals surface area (Å²) in [4.78, 5) is 17.8. The van der Waals surface area contributed by atoms with Crippen LogP contribution in [0.2, 0.25) is 0 Å². The van der Waals surface area contributed by atoms with E-state index < -0.39 is 0 Å². The van der Waals surface area contributed by atoms with E-state index in [9.17, 15) is 4.79 Å². The highest BCUT2D eigenvalue weighted by Crippen LogP contribution is 2.22. The van der Waals surface area contributed by atoms with E-state index >= 15 is 0 Å². The Balaban J connectivity index is 1.90. The van der Waals surface area contributed by atoms with Crippen LogP contribution in [-0.4, -0.2) is 34.9 Å². The smallest absolute Gasteiger partial charge is 0.223 e. The molecule has 2 atom stereocenters. The molecular weight excluding hydrogens is 260 g/mol. The van der Waals surface area contributed by atoms with Crippen LogP contribution in [0.1, 0.15) is 32.4 Å². The van der Waals surface area contributed by atoms with E-state index in [0.717, 1.165) is 38.2 Å². The average Bonchev–Trinajstić information content (AvgIpc) is 2.78. The third-order valence-corrected chi connectivity index (χ3v) is 4.43. The number of thiazole rings is 1. The van der Waals surface area contributed by atoms with Crippen LogP contribution in [0.3, 0.4) is 0 Å². The van der Waals surface area contributed by atoms with Crippen molar-refractivity contribution in [2.45, 2.75) is 39.3 Å². The summed E-state index contributed by atoms with van der Waals surface area (Å²) in [5.74, 6) is 0.512. The van der Waals surface area contributed by atoms with Gasteiger partial charge in [0.15, 0.2) is 5.13 Å².